The summed E-state index contributed by atoms with van der Waals surface area (Å²) >= 11 is 0. The van der Waals surface area contributed by atoms with Gasteiger partial charge in [-0.15, -0.1) is 0 Å². The second-order valence-electron chi connectivity index (χ2n) is 4.40. The van der Waals surface area contributed by atoms with Crippen molar-refractivity contribution in [1.82, 2.24) is 4.31 Å². The molecule has 0 amide bonds. The van der Waals surface area contributed by atoms with Crippen LogP contribution < -0.4 is 0 Å². The number of hydrogen-bond acceptors (Lipinski definition) is 3. The zero-order valence-electron chi connectivity index (χ0n) is 9.81. The number of carbonyl (C=O) groups is 1. The Morgan fingerprint density at radius 3 is 2.00 bits per heavy atom. The van der Waals surface area contributed by atoms with Gasteiger partial charge in [0.1, 0.15) is 6.04 Å². The Morgan fingerprint density at radius 1 is 1.40 bits per heavy atom. The first-order chi connectivity index (χ1) is 6.55. The van der Waals surface area contributed by atoms with Crippen molar-refractivity contribution in [3.8, 4) is 0 Å². The van der Waals surface area contributed by atoms with Crippen LogP contribution in [0.2, 0.25) is 0 Å². The standard InChI is InChI=1S/C9H19NO4S/c1-6-7(8(11)12)10(5)15(13,14)9(2,3)4/h7H,6H2,1-5H3,(H,11,12). The van der Waals surface area contributed by atoms with Crippen LogP contribution >= 0.6 is 0 Å². The van der Waals surface area contributed by atoms with Crippen LogP contribution in [-0.4, -0.2) is 41.6 Å². The SMILES string of the molecule is CCC(C(=O)O)N(C)S(=O)(=O)C(C)(C)C. The van der Waals surface area contributed by atoms with Crippen LogP contribution in [0.5, 0.6) is 0 Å². The van der Waals surface area contributed by atoms with Gasteiger partial charge >= 0.3 is 5.97 Å². The summed E-state index contributed by atoms with van der Waals surface area (Å²) in [5.74, 6) is -1.12. The maximum atomic E-state index is 11.9. The lowest BCUT2D eigenvalue weighted by Crippen LogP contribution is -2.48. The van der Waals surface area contributed by atoms with Crippen molar-refractivity contribution in [3.63, 3.8) is 0 Å². The zero-order valence-corrected chi connectivity index (χ0v) is 10.6. The third-order valence-electron chi connectivity index (χ3n) is 2.26. The molecule has 0 aromatic heterocycles. The van der Waals surface area contributed by atoms with E-state index >= 15 is 0 Å². The van der Waals surface area contributed by atoms with Gasteiger partial charge in [-0.05, 0) is 27.2 Å². The van der Waals surface area contributed by atoms with Gasteiger partial charge in [0.2, 0.25) is 10.0 Å². The summed E-state index contributed by atoms with van der Waals surface area (Å²) in [6.45, 7) is 6.29. The van der Waals surface area contributed by atoms with E-state index in [0.717, 1.165) is 4.31 Å². The molecule has 1 atom stereocenters. The van der Waals surface area contributed by atoms with Crippen molar-refractivity contribution < 1.29 is 18.3 Å². The Morgan fingerprint density at radius 2 is 1.80 bits per heavy atom. The molecule has 0 fully saturated rings. The van der Waals surface area contributed by atoms with Crippen molar-refractivity contribution in [2.75, 3.05) is 7.05 Å². The molecule has 5 nitrogen and oxygen atoms in total. The molecule has 0 aliphatic rings. The summed E-state index contributed by atoms with van der Waals surface area (Å²) < 4.78 is 23.8. The second-order valence-corrected chi connectivity index (χ2v) is 7.15. The normalized spacial score (nSPS) is 15.3. The minimum absolute atomic E-state index is 0.251. The molecule has 0 spiro atoms. The fraction of sp³-hybridized carbons (Fsp3) is 0.889. The fourth-order valence-electron chi connectivity index (χ4n) is 1.19. The third kappa shape index (κ3) is 2.92. The van der Waals surface area contributed by atoms with Crippen LogP contribution in [0, 0.1) is 0 Å². The Balaban J connectivity index is 5.17. The number of rotatable bonds is 4. The maximum absolute atomic E-state index is 11.9. The van der Waals surface area contributed by atoms with E-state index in [9.17, 15) is 13.2 Å². The summed E-state index contributed by atoms with van der Waals surface area (Å²) in [6, 6.07) is -0.991. The highest BCUT2D eigenvalue weighted by Gasteiger charge is 2.38. The van der Waals surface area contributed by atoms with E-state index in [1.807, 2.05) is 0 Å². The lowest BCUT2D eigenvalue weighted by molar-refractivity contribution is -0.141. The molecule has 0 aromatic carbocycles. The van der Waals surface area contributed by atoms with Gasteiger partial charge in [-0.2, -0.15) is 4.31 Å². The molecule has 0 aliphatic heterocycles. The third-order valence-corrected chi connectivity index (χ3v) is 4.82. The van der Waals surface area contributed by atoms with Gasteiger partial charge in [-0.25, -0.2) is 8.42 Å². The van der Waals surface area contributed by atoms with Crippen LogP contribution in [0.15, 0.2) is 0 Å². The molecular weight excluding hydrogens is 218 g/mol. The largest absolute Gasteiger partial charge is 0.480 e. The number of sulfonamides is 1. The Labute approximate surface area is 91.1 Å². The zero-order chi connectivity index (χ0) is 12.4. The molecule has 0 radical (unpaired) electrons. The number of hydrogen-bond donors (Lipinski definition) is 1. The van der Waals surface area contributed by atoms with E-state index in [0.29, 0.717) is 0 Å². The highest BCUT2D eigenvalue weighted by molar-refractivity contribution is 7.90. The van der Waals surface area contributed by atoms with Gasteiger partial charge in [-0.1, -0.05) is 6.92 Å². The first-order valence-corrected chi connectivity index (χ1v) is 6.20. The van der Waals surface area contributed by atoms with E-state index in [1.165, 1.54) is 7.05 Å². The highest BCUT2D eigenvalue weighted by Crippen LogP contribution is 2.21. The van der Waals surface area contributed by atoms with Crippen molar-refractivity contribution >= 4 is 16.0 Å². The Kier molecular flexibility index (Phi) is 4.30. The molecule has 0 aliphatic carbocycles. The van der Waals surface area contributed by atoms with E-state index in [2.05, 4.69) is 0 Å². The quantitative estimate of drug-likeness (QED) is 0.788. The summed E-state index contributed by atoms with van der Waals surface area (Å²) in [6.07, 6.45) is 0.251. The van der Waals surface area contributed by atoms with Crippen molar-refractivity contribution in [2.45, 2.75) is 44.9 Å². The van der Waals surface area contributed by atoms with E-state index in [1.54, 1.807) is 27.7 Å². The predicted octanol–water partition coefficient (Wildman–Crippen LogP) is 0.910. The van der Waals surface area contributed by atoms with Crippen LogP contribution in [0.3, 0.4) is 0 Å². The maximum Gasteiger partial charge on any atom is 0.321 e. The van der Waals surface area contributed by atoms with Crippen LogP contribution in [0.4, 0.5) is 0 Å². The minimum atomic E-state index is -3.58. The molecule has 0 saturated carbocycles. The topological polar surface area (TPSA) is 74.7 Å². The van der Waals surface area contributed by atoms with Crippen molar-refractivity contribution in [3.05, 3.63) is 0 Å². The number of likely N-dealkylation sites (N-methyl/N-ethyl adjacent to an activating group) is 1. The summed E-state index contributed by atoms with van der Waals surface area (Å²) in [4.78, 5) is 10.8. The van der Waals surface area contributed by atoms with Crippen molar-refractivity contribution in [1.29, 1.82) is 0 Å². The smallest absolute Gasteiger partial charge is 0.321 e. The van der Waals surface area contributed by atoms with Crippen LogP contribution in [0.25, 0.3) is 0 Å². The average molecular weight is 237 g/mol. The number of carboxylic acids is 1. The molecule has 1 unspecified atom stereocenters. The molecular formula is C9H19NO4S. The molecule has 6 heteroatoms. The second kappa shape index (κ2) is 4.49. The van der Waals surface area contributed by atoms with E-state index in [4.69, 9.17) is 5.11 Å². The van der Waals surface area contributed by atoms with Gasteiger partial charge in [0.05, 0.1) is 4.75 Å². The van der Waals surface area contributed by atoms with Gasteiger partial charge < -0.3 is 5.11 Å². The van der Waals surface area contributed by atoms with Crippen LogP contribution in [0.1, 0.15) is 34.1 Å². The number of nitrogens with zero attached hydrogens (tertiary/aromatic N) is 1. The summed E-state index contributed by atoms with van der Waals surface area (Å²) in [5, 5.41) is 8.87. The molecule has 15 heavy (non-hydrogen) atoms. The number of carboxylic acid groups (broad SMARTS) is 1. The molecule has 1 N–H and O–H groups in total. The average Bonchev–Trinajstić information content (AvgIpc) is 2.02. The van der Waals surface area contributed by atoms with Crippen molar-refractivity contribution in [2.24, 2.45) is 0 Å². The highest BCUT2D eigenvalue weighted by atomic mass is 32.2. The molecule has 0 saturated heterocycles. The lowest BCUT2D eigenvalue weighted by Gasteiger charge is -2.30. The van der Waals surface area contributed by atoms with Gasteiger partial charge in [0.25, 0.3) is 0 Å². The fourth-order valence-corrected chi connectivity index (χ4v) is 2.62. The van der Waals surface area contributed by atoms with Gasteiger partial charge in [0, 0.05) is 7.05 Å². The first-order valence-electron chi connectivity index (χ1n) is 4.76. The lowest BCUT2D eigenvalue weighted by atomic mass is 10.2. The molecule has 0 heterocycles. The number of aliphatic carboxylic acids is 1. The predicted molar refractivity (Wildman–Crippen MR) is 58.2 cm³/mol. The molecule has 90 valence electrons. The summed E-state index contributed by atoms with van der Waals surface area (Å²) in [5.41, 5.74) is 0. The van der Waals surface area contributed by atoms with E-state index < -0.39 is 26.8 Å². The van der Waals surface area contributed by atoms with Crippen LogP contribution in [-0.2, 0) is 14.8 Å². The summed E-state index contributed by atoms with van der Waals surface area (Å²) in [7, 11) is -2.27. The Bertz CT molecular complexity index is 329. The van der Waals surface area contributed by atoms with Gasteiger partial charge in [0.15, 0.2) is 0 Å². The molecule has 0 bridgehead atoms. The molecule has 0 aromatic rings. The monoisotopic (exact) mass is 237 g/mol. The molecule has 0 rings (SSSR count). The van der Waals surface area contributed by atoms with E-state index in [-0.39, 0.29) is 6.42 Å². The minimum Gasteiger partial charge on any atom is -0.480 e. The van der Waals surface area contributed by atoms with Gasteiger partial charge in [-0.3, -0.25) is 4.79 Å². The first kappa shape index (κ1) is 14.4. The Hall–Kier alpha value is -0.620.